The molecule has 0 spiro atoms. The number of hydrogen-bond donors (Lipinski definition) is 1. The third-order valence-corrected chi connectivity index (χ3v) is 2.95. The number of hydrogen-bond acceptors (Lipinski definition) is 2. The topological polar surface area (TPSA) is 0 Å². The van der Waals surface area contributed by atoms with Crippen LogP contribution in [0.15, 0.2) is 0 Å². The maximum atomic E-state index is 4.17. The third-order valence-electron chi connectivity index (χ3n) is 1.54. The summed E-state index contributed by atoms with van der Waals surface area (Å²) in [6.45, 7) is 4.57. The molecule has 0 amide bonds. The monoisotopic (exact) mass is 192 g/mol. The van der Waals surface area contributed by atoms with Gasteiger partial charge in [0.2, 0.25) is 0 Å². The zero-order valence-electron chi connectivity index (χ0n) is 7.68. The van der Waals surface area contributed by atoms with Crippen molar-refractivity contribution < 1.29 is 0 Å². The Morgan fingerprint density at radius 1 is 1.18 bits per heavy atom. The smallest absolute Gasteiger partial charge is 0.00651 e. The van der Waals surface area contributed by atoms with Gasteiger partial charge >= 0.3 is 0 Å². The summed E-state index contributed by atoms with van der Waals surface area (Å²) in [5, 5.41) is 0. The molecule has 0 heterocycles. The van der Waals surface area contributed by atoms with Crippen molar-refractivity contribution in [3.05, 3.63) is 0 Å². The summed E-state index contributed by atoms with van der Waals surface area (Å²) in [5.41, 5.74) is 0. The second kappa shape index (κ2) is 8.79. The second-order valence-corrected chi connectivity index (χ2v) is 4.90. The van der Waals surface area contributed by atoms with Crippen LogP contribution in [-0.4, -0.2) is 17.3 Å². The molecule has 0 atom stereocenters. The molecule has 11 heavy (non-hydrogen) atoms. The predicted molar refractivity (Wildman–Crippen MR) is 59.9 cm³/mol. The number of thiol groups is 1. The second-order valence-electron chi connectivity index (χ2n) is 3.23. The zero-order valence-corrected chi connectivity index (χ0v) is 9.39. The normalized spacial score (nSPS) is 10.9. The van der Waals surface area contributed by atoms with Crippen molar-refractivity contribution in [1.29, 1.82) is 0 Å². The molecule has 0 aromatic rings. The summed E-state index contributed by atoms with van der Waals surface area (Å²) in [6, 6.07) is 0. The number of rotatable bonds is 7. The van der Waals surface area contributed by atoms with E-state index in [1.54, 1.807) is 0 Å². The lowest BCUT2D eigenvalue weighted by atomic mass is 10.2. The van der Waals surface area contributed by atoms with Crippen LogP contribution in [0.1, 0.15) is 33.1 Å². The summed E-state index contributed by atoms with van der Waals surface area (Å²) in [6.07, 6.45) is 3.98. The molecule has 0 fully saturated rings. The number of unbranched alkanes of at least 4 members (excludes halogenated alkanes) is 1. The molecule has 2 heteroatoms. The highest BCUT2D eigenvalue weighted by atomic mass is 32.2. The van der Waals surface area contributed by atoms with E-state index in [1.165, 1.54) is 30.8 Å². The first-order valence-corrected chi connectivity index (χ1v) is 6.24. The Morgan fingerprint density at radius 2 is 1.91 bits per heavy atom. The van der Waals surface area contributed by atoms with Gasteiger partial charge in [0.25, 0.3) is 0 Å². The number of thioether (sulfide) groups is 1. The Hall–Kier alpha value is 0.700. The summed E-state index contributed by atoms with van der Waals surface area (Å²) in [7, 11) is 0. The van der Waals surface area contributed by atoms with Gasteiger partial charge in [0.1, 0.15) is 0 Å². The largest absolute Gasteiger partial charge is 0.179 e. The van der Waals surface area contributed by atoms with Crippen molar-refractivity contribution in [2.24, 2.45) is 5.92 Å². The predicted octanol–water partition coefficient (Wildman–Crippen LogP) is 3.48. The highest BCUT2D eigenvalue weighted by molar-refractivity contribution is 7.99. The molecule has 0 radical (unpaired) electrons. The molecule has 0 N–H and O–H groups in total. The molecular formula is C9H20S2. The SMILES string of the molecule is CC(C)CCSCCCCS. The highest BCUT2D eigenvalue weighted by Crippen LogP contribution is 2.10. The van der Waals surface area contributed by atoms with E-state index in [4.69, 9.17) is 0 Å². The van der Waals surface area contributed by atoms with Crippen LogP contribution in [-0.2, 0) is 0 Å². The quantitative estimate of drug-likeness (QED) is 0.476. The van der Waals surface area contributed by atoms with Gasteiger partial charge in [0.05, 0.1) is 0 Å². The zero-order chi connectivity index (χ0) is 8.53. The first-order valence-electron chi connectivity index (χ1n) is 4.46. The van der Waals surface area contributed by atoms with E-state index in [1.807, 2.05) is 0 Å². The molecule has 0 aromatic heterocycles. The fraction of sp³-hybridized carbons (Fsp3) is 1.00. The van der Waals surface area contributed by atoms with Gasteiger partial charge in [-0.2, -0.15) is 24.4 Å². The molecule has 0 aliphatic heterocycles. The first-order chi connectivity index (χ1) is 5.27. The molecule has 0 rings (SSSR count). The summed E-state index contributed by atoms with van der Waals surface area (Å²) >= 11 is 6.26. The highest BCUT2D eigenvalue weighted by Gasteiger charge is 1.93. The van der Waals surface area contributed by atoms with E-state index in [0.717, 1.165) is 11.7 Å². The summed E-state index contributed by atoms with van der Waals surface area (Å²) in [4.78, 5) is 0. The maximum absolute atomic E-state index is 4.17. The summed E-state index contributed by atoms with van der Waals surface area (Å²) in [5.74, 6) is 4.58. The van der Waals surface area contributed by atoms with Crippen molar-refractivity contribution in [2.75, 3.05) is 17.3 Å². The Kier molecular flexibility index (Phi) is 9.35. The Bertz CT molecular complexity index is 72.0. The van der Waals surface area contributed by atoms with Gasteiger partial charge in [-0.1, -0.05) is 13.8 Å². The van der Waals surface area contributed by atoms with E-state index in [-0.39, 0.29) is 0 Å². The molecule has 0 unspecified atom stereocenters. The van der Waals surface area contributed by atoms with Gasteiger partial charge in [0.15, 0.2) is 0 Å². The van der Waals surface area contributed by atoms with Crippen LogP contribution >= 0.6 is 24.4 Å². The van der Waals surface area contributed by atoms with E-state index in [2.05, 4.69) is 38.2 Å². The van der Waals surface area contributed by atoms with Crippen LogP contribution in [0.5, 0.6) is 0 Å². The van der Waals surface area contributed by atoms with Crippen LogP contribution in [0.3, 0.4) is 0 Å². The van der Waals surface area contributed by atoms with E-state index >= 15 is 0 Å². The van der Waals surface area contributed by atoms with Crippen LogP contribution < -0.4 is 0 Å². The van der Waals surface area contributed by atoms with Gasteiger partial charge in [-0.15, -0.1) is 0 Å². The van der Waals surface area contributed by atoms with Gasteiger partial charge in [-0.3, -0.25) is 0 Å². The molecule has 68 valence electrons. The molecule has 0 saturated heterocycles. The van der Waals surface area contributed by atoms with Crippen LogP contribution in [0.2, 0.25) is 0 Å². The summed E-state index contributed by atoms with van der Waals surface area (Å²) < 4.78 is 0. The van der Waals surface area contributed by atoms with Crippen LogP contribution in [0.25, 0.3) is 0 Å². The molecule has 0 aliphatic rings. The van der Waals surface area contributed by atoms with Gasteiger partial charge in [-0.25, -0.2) is 0 Å². The minimum atomic E-state index is 0.868. The minimum absolute atomic E-state index is 0.868. The Balaban J connectivity index is 2.80. The molecule has 0 aliphatic carbocycles. The standard InChI is InChI=1S/C9H20S2/c1-9(2)5-8-11-7-4-3-6-10/h9-10H,3-8H2,1-2H3. The van der Waals surface area contributed by atoms with Gasteiger partial charge < -0.3 is 0 Å². The fourth-order valence-corrected chi connectivity index (χ4v) is 2.21. The van der Waals surface area contributed by atoms with Crippen molar-refractivity contribution in [3.63, 3.8) is 0 Å². The minimum Gasteiger partial charge on any atom is -0.179 e. The van der Waals surface area contributed by atoms with Crippen molar-refractivity contribution in [1.82, 2.24) is 0 Å². The van der Waals surface area contributed by atoms with E-state index in [9.17, 15) is 0 Å². The van der Waals surface area contributed by atoms with Gasteiger partial charge in [-0.05, 0) is 42.4 Å². The lowest BCUT2D eigenvalue weighted by Crippen LogP contribution is -1.91. The molecule has 0 aromatic carbocycles. The van der Waals surface area contributed by atoms with Crippen molar-refractivity contribution >= 4 is 24.4 Å². The third kappa shape index (κ3) is 10.7. The van der Waals surface area contributed by atoms with E-state index in [0.29, 0.717) is 0 Å². The maximum Gasteiger partial charge on any atom is -0.00651 e. The lowest BCUT2D eigenvalue weighted by molar-refractivity contribution is 0.632. The molecule has 0 bridgehead atoms. The average molecular weight is 192 g/mol. The molecule has 0 nitrogen and oxygen atoms in total. The Labute approximate surface area is 80.9 Å². The molecular weight excluding hydrogens is 172 g/mol. The average Bonchev–Trinajstić information content (AvgIpc) is 1.96. The van der Waals surface area contributed by atoms with Crippen LogP contribution in [0, 0.1) is 5.92 Å². The van der Waals surface area contributed by atoms with Crippen molar-refractivity contribution in [2.45, 2.75) is 33.1 Å². The lowest BCUT2D eigenvalue weighted by Gasteiger charge is -2.03. The van der Waals surface area contributed by atoms with Crippen molar-refractivity contribution in [3.8, 4) is 0 Å². The Morgan fingerprint density at radius 3 is 2.45 bits per heavy atom. The van der Waals surface area contributed by atoms with Gasteiger partial charge in [0, 0.05) is 0 Å². The first kappa shape index (κ1) is 11.7. The molecule has 0 saturated carbocycles. The fourth-order valence-electron chi connectivity index (χ4n) is 0.737. The van der Waals surface area contributed by atoms with E-state index < -0.39 is 0 Å². The van der Waals surface area contributed by atoms with Crippen LogP contribution in [0.4, 0.5) is 0 Å².